The van der Waals surface area contributed by atoms with Gasteiger partial charge in [-0.05, 0) is 144 Å². The average Bonchev–Trinajstić information content (AvgIpc) is 1.44. The number of nitrogens with one attached hydrogen (secondary N) is 1. The van der Waals surface area contributed by atoms with E-state index in [2.05, 4.69) is 239 Å². The number of nitrogens with zero attached hydrogens (tertiary/aromatic N) is 1. The summed E-state index contributed by atoms with van der Waals surface area (Å²) in [4.78, 5) is 71.7. The van der Waals surface area contributed by atoms with Crippen molar-refractivity contribution in [2.75, 3.05) is 84.1 Å². The second-order valence-electron chi connectivity index (χ2n) is 46.7. The number of amides is 3. The summed E-state index contributed by atoms with van der Waals surface area (Å²) in [6.07, 6.45) is 1.56. The van der Waals surface area contributed by atoms with Gasteiger partial charge < -0.3 is 105 Å². The lowest BCUT2D eigenvalue weighted by molar-refractivity contribution is -0.315. The number of rotatable bonds is 42. The number of hydroxylamine groups is 2. The van der Waals surface area contributed by atoms with Crippen molar-refractivity contribution in [3.05, 3.63) is 0 Å². The van der Waals surface area contributed by atoms with Gasteiger partial charge in [0.25, 0.3) is 11.8 Å². The minimum atomic E-state index is -0.683. The Balaban J connectivity index is 0.000000279. The first kappa shape index (κ1) is 125. The fourth-order valence-corrected chi connectivity index (χ4v) is 24.2. The summed E-state index contributed by atoms with van der Waals surface area (Å²) >= 11 is 2.16. The van der Waals surface area contributed by atoms with Crippen molar-refractivity contribution in [2.24, 2.45) is 178 Å². The predicted octanol–water partition coefficient (Wildman–Crippen LogP) is 20.5. The van der Waals surface area contributed by atoms with Crippen LogP contribution in [0.25, 0.3) is 0 Å². The molecule has 31 heteroatoms. The minimum absolute atomic E-state index is 0.0126. The van der Waals surface area contributed by atoms with Crippen molar-refractivity contribution >= 4 is 57.4 Å². The Morgan fingerprint density at radius 2 is 0.465 bits per heavy atom. The number of ether oxygens (including phenoxy) is 20. The zero-order valence-electron chi connectivity index (χ0n) is 95.2. The topological polar surface area (TPSA) is 312 Å². The van der Waals surface area contributed by atoms with E-state index in [1.807, 2.05) is 0 Å². The van der Waals surface area contributed by atoms with Crippen molar-refractivity contribution in [3.8, 4) is 0 Å². The number of imide groups is 1. The van der Waals surface area contributed by atoms with Crippen molar-refractivity contribution in [3.63, 3.8) is 0 Å². The van der Waals surface area contributed by atoms with Crippen LogP contribution in [-0.4, -0.2) is 247 Å². The first-order valence-corrected chi connectivity index (χ1v) is 58.3. The highest BCUT2D eigenvalue weighted by Gasteiger charge is 2.53. The van der Waals surface area contributed by atoms with Crippen LogP contribution in [0.3, 0.4) is 0 Å². The molecule has 1 N–H and O–H groups in total. The summed E-state index contributed by atoms with van der Waals surface area (Å²) in [6, 6.07) is 0. The van der Waals surface area contributed by atoms with Crippen molar-refractivity contribution in [1.82, 2.24) is 10.4 Å². The highest BCUT2D eigenvalue weighted by Crippen LogP contribution is 2.48. The molecule has 11 saturated heterocycles. The largest absolute Gasteiger partial charge is 0.356 e. The lowest BCUT2D eigenvalue weighted by Crippen LogP contribution is -2.53. The molecule has 11 aliphatic heterocycles. The second kappa shape index (κ2) is 59.3. The molecule has 0 aliphatic carbocycles. The molecule has 0 radical (unpaired) electrons. The maximum atomic E-state index is 12.1. The molecule has 11 heterocycles. The van der Waals surface area contributed by atoms with Crippen molar-refractivity contribution in [2.45, 2.75) is 424 Å². The minimum Gasteiger partial charge on any atom is -0.356 e. The second-order valence-corrected chi connectivity index (χ2v) is 49.3. The van der Waals surface area contributed by atoms with Gasteiger partial charge in [0.05, 0.1) is 127 Å². The molecule has 0 saturated carbocycles. The summed E-state index contributed by atoms with van der Waals surface area (Å²) in [5.41, 5.74) is 0. The van der Waals surface area contributed by atoms with Crippen LogP contribution in [0.1, 0.15) is 300 Å². The van der Waals surface area contributed by atoms with Crippen LogP contribution in [-0.2, 0) is 128 Å². The molecule has 0 spiro atoms. The molecule has 0 bridgehead atoms. The summed E-state index contributed by atoms with van der Waals surface area (Å²) in [5, 5.41) is 3.35. The van der Waals surface area contributed by atoms with E-state index in [4.69, 9.17) is 94.7 Å². The molecule has 50 atom stereocenters. The molecule has 0 aromatic heterocycles. The Morgan fingerprint density at radius 3 is 0.674 bits per heavy atom. The molecule has 0 aromatic carbocycles. The molecule has 20 unspecified atom stereocenters. The molecular weight excluding hydrogens is 1880 g/mol. The number of carbonyl (C=O) groups excluding carboxylic acids is 6. The Labute approximate surface area is 876 Å². The number of thioether (sulfide) groups is 2. The Morgan fingerprint density at radius 1 is 0.271 bits per heavy atom. The van der Waals surface area contributed by atoms with E-state index in [-0.39, 0.29) is 212 Å². The van der Waals surface area contributed by atoms with E-state index in [0.29, 0.717) is 208 Å². The van der Waals surface area contributed by atoms with Crippen LogP contribution >= 0.6 is 23.5 Å². The SMILES string of the molecule is CC(=O)SCCC(=O)ON1C(=O)CCC1=O.CCC1O[C@@H](OCC2O[C@H](OCC3O[C@H](OCC4O[C@H](OCC5O[C@@H](OCCCNC(=O)CCSC(C)=O)C(C)[C@@H](C)[C@@H]5C)C(C)[C@@H](C)[C@@H]4C)C(C)[C@@H](C)[C@@H]3C)C(C)[C@@H](C)[C@@H]2C)C(C)[C@@H](C)[C@@H]1C.CCCCO[C@@H]1OC(CO[C@H]2OC(CO[C@H]3OC(CO[C@H]4OC(CO[C@@H]5OC(CC)[C@@H](C)[C@H](C)C5C)[C@@H](C)[C@H](C)C4C)[C@@H](C)[C@H](C)C3C)[C@@H](C)[C@H](C)C2C)[C@@H](C)[C@H](C)C1C. The third-order valence-electron chi connectivity index (χ3n) is 38.2. The van der Waals surface area contributed by atoms with Gasteiger partial charge in [0.2, 0.25) is 5.91 Å². The third-order valence-corrected chi connectivity index (χ3v) is 39.8. The van der Waals surface area contributed by atoms with Crippen LogP contribution in [0.4, 0.5) is 0 Å². The molecule has 3 amide bonds. The third kappa shape index (κ3) is 33.2. The molecule has 29 nitrogen and oxygen atoms in total. The number of unbranched alkanes of at least 4 members (excludes halogenated alkanes) is 1. The number of hydrogen-bond acceptors (Lipinski definition) is 29. The number of carbonyl (C=O) groups is 6. The van der Waals surface area contributed by atoms with Crippen molar-refractivity contribution in [1.29, 1.82) is 0 Å². The maximum absolute atomic E-state index is 12.1. The van der Waals surface area contributed by atoms with Crippen LogP contribution < -0.4 is 5.32 Å². The molecule has 836 valence electrons. The Kier molecular flexibility index (Phi) is 51.4. The standard InChI is InChI=1S/C54H97NO12S.C50H92O10.C9H11NO5S/c1-18-44-33(7)28(2)39(13)51(63-44)59-25-46-35(9)30(4)41(15)53(65-46)61-27-48-37(11)32(6)42(16)54(67-48)62-26-47-36(10)31(5)40(14)52(66-47)60-24-45-34(8)29(3)38(12)50(64-45)58-22-19-21-55-49(57)20-23-68-43(17)56;1-18-20-21-51-46-36(13)27(4)32(9)42(57-46)22-53-48-38(15)29(6)34(11)44(59-48)24-55-50-40(17)30(7)35(12)45(60-50)25-54-49-39(16)28(5)33(10)43(58-49)23-52-47-37(14)26(3)31(8)41(19-2)56-47;1-6(11)16-5-4-9(14)15-10-7(12)2-3-8(10)13/h28-42,44-48,50-54H,18-27H2,1-17H3,(H,55,57);26-50H,18-25H2,1-17H3;2-5H2,1H3/t28-,29-,30-,31-,32-,33-,34-,35-,36-,37-,38?,39?,40?,41?,42?,44?,45?,46?,47?,48?,50+,51+,52-,53-,54-;26-,27-,28-,29-,30-,31-,32-,33-,34-,35-,36?,37?,38?,39?,40?,41?,42?,43?,44?,45?,46+,47+,48-,49-,50-;/m00./s1. The summed E-state index contributed by atoms with van der Waals surface area (Å²) in [6.45, 7) is 83.0. The Hall–Kier alpha value is -2.68. The summed E-state index contributed by atoms with van der Waals surface area (Å²) in [5.74, 6) is 9.06. The molecule has 11 fully saturated rings. The van der Waals surface area contributed by atoms with Crippen LogP contribution in [0.2, 0.25) is 0 Å². The highest BCUT2D eigenvalue weighted by atomic mass is 32.2. The quantitative estimate of drug-likeness (QED) is 0.0438. The van der Waals surface area contributed by atoms with Gasteiger partial charge in [0.15, 0.2) is 73.1 Å². The highest BCUT2D eigenvalue weighted by molar-refractivity contribution is 8.13. The van der Waals surface area contributed by atoms with Gasteiger partial charge in [-0.25, -0.2) is 4.79 Å². The van der Waals surface area contributed by atoms with E-state index < -0.39 is 30.4 Å². The van der Waals surface area contributed by atoms with Gasteiger partial charge in [-0.3, -0.25) is 24.0 Å². The first-order valence-electron chi connectivity index (χ1n) is 56.4. The van der Waals surface area contributed by atoms with E-state index >= 15 is 0 Å². The number of hydrogen-bond donors (Lipinski definition) is 1. The van der Waals surface area contributed by atoms with Crippen LogP contribution in [0.5, 0.6) is 0 Å². The monoisotopic (exact) mass is 2080 g/mol. The van der Waals surface area contributed by atoms with Gasteiger partial charge in [0, 0.05) is 117 Å². The first-order chi connectivity index (χ1) is 68.1. The maximum Gasteiger partial charge on any atom is 0.334 e. The smallest absolute Gasteiger partial charge is 0.334 e. The van der Waals surface area contributed by atoms with Crippen molar-refractivity contribution < 1.29 is 128 Å². The van der Waals surface area contributed by atoms with Crippen LogP contribution in [0, 0.1) is 178 Å². The predicted molar refractivity (Wildman–Crippen MR) is 557 cm³/mol. The lowest BCUT2D eigenvalue weighted by Gasteiger charge is -2.47. The van der Waals surface area contributed by atoms with Gasteiger partial charge in [-0.15, -0.1) is 5.06 Å². The normalized spacial score (nSPS) is 44.3. The summed E-state index contributed by atoms with van der Waals surface area (Å²) < 4.78 is 132. The van der Waals surface area contributed by atoms with Gasteiger partial charge in [0.1, 0.15) is 0 Å². The van der Waals surface area contributed by atoms with E-state index in [1.165, 1.54) is 25.6 Å². The molecule has 11 aliphatic rings. The lowest BCUT2D eigenvalue weighted by atomic mass is 9.78. The van der Waals surface area contributed by atoms with E-state index in [9.17, 15) is 28.8 Å². The zero-order valence-corrected chi connectivity index (χ0v) is 96.8. The van der Waals surface area contributed by atoms with Gasteiger partial charge in [-0.2, -0.15) is 0 Å². The molecule has 11 rings (SSSR count). The summed E-state index contributed by atoms with van der Waals surface area (Å²) in [7, 11) is 0. The van der Waals surface area contributed by atoms with E-state index in [1.54, 1.807) is 0 Å². The molecule has 0 aromatic rings. The molecule has 144 heavy (non-hydrogen) atoms. The van der Waals surface area contributed by atoms with E-state index in [0.717, 1.165) is 44.1 Å². The molecular formula is C113H200N2O27S2. The average molecular weight is 2080 g/mol. The fraction of sp³-hybridized carbons (Fsp3) is 0.947. The zero-order chi connectivity index (χ0) is 106. The van der Waals surface area contributed by atoms with Gasteiger partial charge >= 0.3 is 5.97 Å². The fourth-order valence-electron chi connectivity index (χ4n) is 23.0. The van der Waals surface area contributed by atoms with Gasteiger partial charge in [-0.1, -0.05) is 258 Å². The van der Waals surface area contributed by atoms with Crippen LogP contribution in [0.15, 0.2) is 0 Å². The Bertz CT molecular complexity index is 3790.